The molecule has 1 aliphatic rings. The first-order valence-corrected chi connectivity index (χ1v) is 8.86. The Morgan fingerprint density at radius 3 is 2.57 bits per heavy atom. The molecule has 0 unspecified atom stereocenters. The van der Waals surface area contributed by atoms with Crippen molar-refractivity contribution in [3.63, 3.8) is 0 Å². The molecular formula is C16H25N3OS. The predicted octanol–water partition coefficient (Wildman–Crippen LogP) is 3.41. The highest BCUT2D eigenvalue weighted by molar-refractivity contribution is 7.99. The molecule has 0 atom stereocenters. The molecule has 1 aliphatic carbocycles. The van der Waals surface area contributed by atoms with Crippen LogP contribution < -0.4 is 5.32 Å². The minimum atomic E-state index is 0.198. The number of nitrogens with one attached hydrogen (secondary N) is 1. The Kier molecular flexibility index (Phi) is 6.49. The summed E-state index contributed by atoms with van der Waals surface area (Å²) in [7, 11) is 0. The molecule has 0 aromatic carbocycles. The molecule has 0 saturated heterocycles. The first-order chi connectivity index (χ1) is 10.1. The summed E-state index contributed by atoms with van der Waals surface area (Å²) in [5.74, 6) is 1.09. The number of hydrogen-bond acceptors (Lipinski definition) is 4. The van der Waals surface area contributed by atoms with Crippen molar-refractivity contribution in [2.45, 2.75) is 70.0 Å². The molecule has 1 fully saturated rings. The lowest BCUT2D eigenvalue weighted by Gasteiger charge is -2.22. The number of thioether (sulfide) groups is 1. The summed E-state index contributed by atoms with van der Waals surface area (Å²) in [5.41, 5.74) is 2.00. The second kappa shape index (κ2) is 8.37. The first-order valence-electron chi connectivity index (χ1n) is 7.88. The third kappa shape index (κ3) is 6.04. The summed E-state index contributed by atoms with van der Waals surface area (Å²) in [5, 5.41) is 3.98. The lowest BCUT2D eigenvalue weighted by molar-refractivity contribution is -0.122. The maximum atomic E-state index is 11.9. The molecule has 0 bridgehead atoms. The number of nitrogens with zero attached hydrogens (tertiary/aromatic N) is 2. The Hall–Kier alpha value is -1.10. The number of hydrogen-bond donors (Lipinski definition) is 1. The van der Waals surface area contributed by atoms with E-state index in [2.05, 4.69) is 15.3 Å². The third-order valence-corrected chi connectivity index (χ3v) is 4.64. The zero-order valence-corrected chi connectivity index (χ0v) is 13.8. The molecule has 2 rings (SSSR count). The minimum Gasteiger partial charge on any atom is -0.353 e. The Balaban J connectivity index is 1.63. The van der Waals surface area contributed by atoms with Crippen molar-refractivity contribution in [3.05, 3.63) is 17.5 Å². The molecule has 116 valence electrons. The van der Waals surface area contributed by atoms with Gasteiger partial charge in [-0.05, 0) is 39.2 Å². The number of aromatic nitrogens is 2. The van der Waals surface area contributed by atoms with Crippen molar-refractivity contribution in [2.75, 3.05) is 5.75 Å². The Bertz CT molecular complexity index is 452. The van der Waals surface area contributed by atoms with Crippen molar-refractivity contribution >= 4 is 17.7 Å². The van der Waals surface area contributed by atoms with Crippen molar-refractivity contribution in [2.24, 2.45) is 0 Å². The summed E-state index contributed by atoms with van der Waals surface area (Å²) in [6.45, 7) is 3.96. The molecule has 1 aromatic heterocycles. The van der Waals surface area contributed by atoms with Crippen LogP contribution >= 0.6 is 11.8 Å². The van der Waals surface area contributed by atoms with E-state index in [0.29, 0.717) is 12.5 Å². The summed E-state index contributed by atoms with van der Waals surface area (Å²) >= 11 is 1.63. The summed E-state index contributed by atoms with van der Waals surface area (Å²) in [6, 6.07) is 2.39. The number of rotatable bonds is 6. The highest BCUT2D eigenvalue weighted by Crippen LogP contribution is 2.18. The molecule has 0 radical (unpaired) electrons. The van der Waals surface area contributed by atoms with Crippen LogP contribution in [-0.4, -0.2) is 27.7 Å². The summed E-state index contributed by atoms with van der Waals surface area (Å²) in [4.78, 5) is 20.7. The Labute approximate surface area is 131 Å². The quantitative estimate of drug-likeness (QED) is 0.497. The fourth-order valence-corrected chi connectivity index (χ4v) is 3.59. The van der Waals surface area contributed by atoms with E-state index in [1.807, 2.05) is 19.9 Å². The predicted molar refractivity (Wildman–Crippen MR) is 86.5 cm³/mol. The van der Waals surface area contributed by atoms with Crippen LogP contribution in [0, 0.1) is 13.8 Å². The molecule has 4 nitrogen and oxygen atoms in total. The molecule has 21 heavy (non-hydrogen) atoms. The van der Waals surface area contributed by atoms with Crippen LogP contribution in [0.15, 0.2) is 11.2 Å². The fraction of sp³-hybridized carbons (Fsp3) is 0.688. The Morgan fingerprint density at radius 1 is 1.24 bits per heavy atom. The van der Waals surface area contributed by atoms with E-state index in [-0.39, 0.29) is 5.91 Å². The van der Waals surface area contributed by atoms with E-state index in [0.717, 1.165) is 41.6 Å². The zero-order valence-electron chi connectivity index (χ0n) is 13.0. The lowest BCUT2D eigenvalue weighted by Crippen LogP contribution is -2.36. The lowest BCUT2D eigenvalue weighted by atomic mass is 9.95. The van der Waals surface area contributed by atoms with Crippen LogP contribution in [0.2, 0.25) is 0 Å². The minimum absolute atomic E-state index is 0.198. The second-order valence-electron chi connectivity index (χ2n) is 5.79. The topological polar surface area (TPSA) is 54.9 Å². The van der Waals surface area contributed by atoms with Crippen LogP contribution in [0.3, 0.4) is 0 Å². The van der Waals surface area contributed by atoms with Gasteiger partial charge >= 0.3 is 0 Å². The first kappa shape index (κ1) is 16.3. The van der Waals surface area contributed by atoms with Crippen LogP contribution in [-0.2, 0) is 4.79 Å². The van der Waals surface area contributed by atoms with E-state index < -0.39 is 0 Å². The molecular weight excluding hydrogens is 282 g/mol. The molecule has 5 heteroatoms. The highest BCUT2D eigenvalue weighted by Gasteiger charge is 2.15. The van der Waals surface area contributed by atoms with Gasteiger partial charge in [-0.2, -0.15) is 0 Å². The average molecular weight is 307 g/mol. The average Bonchev–Trinajstić information content (AvgIpc) is 2.44. The van der Waals surface area contributed by atoms with Gasteiger partial charge in [0.05, 0.1) is 0 Å². The summed E-state index contributed by atoms with van der Waals surface area (Å²) in [6.07, 6.45) is 7.61. The van der Waals surface area contributed by atoms with Gasteiger partial charge in [-0.3, -0.25) is 4.79 Å². The van der Waals surface area contributed by atoms with Gasteiger partial charge < -0.3 is 5.32 Å². The molecule has 1 amide bonds. The van der Waals surface area contributed by atoms with Crippen molar-refractivity contribution in [3.8, 4) is 0 Å². The van der Waals surface area contributed by atoms with Gasteiger partial charge in [0.1, 0.15) is 0 Å². The standard InChI is InChI=1S/C16H25N3OS/c1-12-11-13(2)18-16(17-12)21-10-6-9-15(20)19-14-7-4-3-5-8-14/h11,14H,3-10H2,1-2H3,(H,19,20). The third-order valence-electron chi connectivity index (χ3n) is 3.71. The van der Waals surface area contributed by atoms with Crippen LogP contribution in [0.4, 0.5) is 0 Å². The molecule has 1 aromatic rings. The van der Waals surface area contributed by atoms with E-state index >= 15 is 0 Å². The van der Waals surface area contributed by atoms with Gasteiger partial charge in [0, 0.05) is 29.6 Å². The molecule has 0 aliphatic heterocycles. The molecule has 0 spiro atoms. The van der Waals surface area contributed by atoms with Gasteiger partial charge in [0.2, 0.25) is 5.91 Å². The van der Waals surface area contributed by atoms with Gasteiger partial charge in [0.25, 0.3) is 0 Å². The number of amides is 1. The van der Waals surface area contributed by atoms with Crippen molar-refractivity contribution in [1.29, 1.82) is 0 Å². The SMILES string of the molecule is Cc1cc(C)nc(SCCCC(=O)NC2CCCCC2)n1. The van der Waals surface area contributed by atoms with E-state index in [4.69, 9.17) is 0 Å². The second-order valence-corrected chi connectivity index (χ2v) is 6.85. The molecule has 1 N–H and O–H groups in total. The van der Waals surface area contributed by atoms with Gasteiger partial charge in [-0.15, -0.1) is 0 Å². The maximum absolute atomic E-state index is 11.9. The highest BCUT2D eigenvalue weighted by atomic mass is 32.2. The maximum Gasteiger partial charge on any atom is 0.220 e. The van der Waals surface area contributed by atoms with E-state index in [9.17, 15) is 4.79 Å². The zero-order chi connectivity index (χ0) is 15.1. The van der Waals surface area contributed by atoms with Gasteiger partial charge in [-0.1, -0.05) is 31.0 Å². The number of aryl methyl sites for hydroxylation is 2. The number of carbonyl (C=O) groups excluding carboxylic acids is 1. The summed E-state index contributed by atoms with van der Waals surface area (Å²) < 4.78 is 0. The van der Waals surface area contributed by atoms with Crippen LogP contribution in [0.5, 0.6) is 0 Å². The molecule has 1 saturated carbocycles. The normalized spacial score (nSPS) is 15.9. The van der Waals surface area contributed by atoms with E-state index in [1.165, 1.54) is 19.3 Å². The van der Waals surface area contributed by atoms with Gasteiger partial charge in [-0.25, -0.2) is 9.97 Å². The van der Waals surface area contributed by atoms with E-state index in [1.54, 1.807) is 11.8 Å². The van der Waals surface area contributed by atoms with Crippen LogP contribution in [0.1, 0.15) is 56.3 Å². The van der Waals surface area contributed by atoms with Crippen molar-refractivity contribution in [1.82, 2.24) is 15.3 Å². The van der Waals surface area contributed by atoms with Crippen molar-refractivity contribution < 1.29 is 4.79 Å². The largest absolute Gasteiger partial charge is 0.353 e. The fourth-order valence-electron chi connectivity index (χ4n) is 2.70. The van der Waals surface area contributed by atoms with Crippen LogP contribution in [0.25, 0.3) is 0 Å². The monoisotopic (exact) mass is 307 g/mol. The number of carbonyl (C=O) groups is 1. The molecule has 1 heterocycles. The Morgan fingerprint density at radius 2 is 1.90 bits per heavy atom. The van der Waals surface area contributed by atoms with Gasteiger partial charge in [0.15, 0.2) is 5.16 Å². The smallest absolute Gasteiger partial charge is 0.220 e.